The van der Waals surface area contributed by atoms with E-state index in [4.69, 9.17) is 0 Å². The van der Waals surface area contributed by atoms with E-state index >= 15 is 0 Å². The zero-order valence-corrected chi connectivity index (χ0v) is 10.3. The van der Waals surface area contributed by atoms with Crippen LogP contribution in [0.5, 0.6) is 5.75 Å². The molecule has 0 spiro atoms. The minimum absolute atomic E-state index is 0.0683. The molecule has 0 amide bonds. The average molecular weight is 230 g/mol. The van der Waals surface area contributed by atoms with Crippen LogP contribution < -0.4 is 0 Å². The molecule has 0 aliphatic heterocycles. The van der Waals surface area contributed by atoms with E-state index in [1.807, 2.05) is 6.07 Å². The first kappa shape index (κ1) is 11.9. The molecule has 0 fully saturated rings. The Morgan fingerprint density at radius 1 is 1.47 bits per heavy atom. The lowest BCUT2D eigenvalue weighted by Crippen LogP contribution is -2.09. The summed E-state index contributed by atoms with van der Waals surface area (Å²) in [5.41, 5.74) is 3.83. The highest BCUT2D eigenvalue weighted by molar-refractivity contribution is 5.97. The highest BCUT2D eigenvalue weighted by Crippen LogP contribution is 2.34. The van der Waals surface area contributed by atoms with E-state index in [2.05, 4.69) is 6.58 Å². The van der Waals surface area contributed by atoms with Gasteiger partial charge in [0.05, 0.1) is 5.56 Å². The molecule has 2 heteroatoms. The fraction of sp³-hybridized carbons (Fsp3) is 0.400. The highest BCUT2D eigenvalue weighted by Gasteiger charge is 2.20. The molecule has 0 atom stereocenters. The van der Waals surface area contributed by atoms with Crippen molar-refractivity contribution in [3.63, 3.8) is 0 Å². The summed E-state index contributed by atoms with van der Waals surface area (Å²) in [7, 11) is 0. The van der Waals surface area contributed by atoms with Gasteiger partial charge in [-0.3, -0.25) is 4.79 Å². The maximum absolute atomic E-state index is 11.5. The normalized spacial score (nSPS) is 14.2. The second-order valence-electron chi connectivity index (χ2n) is 4.65. The molecular formula is C15H18O2. The number of fused-ring (bicyclic) bond motifs is 1. The van der Waals surface area contributed by atoms with E-state index in [9.17, 15) is 9.90 Å². The fourth-order valence-corrected chi connectivity index (χ4v) is 2.61. The molecule has 0 radical (unpaired) electrons. The van der Waals surface area contributed by atoms with Crippen LogP contribution in [0, 0.1) is 0 Å². The number of carbonyl (C=O) groups is 1. The molecule has 1 aliphatic carbocycles. The number of phenols is 1. The summed E-state index contributed by atoms with van der Waals surface area (Å²) in [6.07, 6.45) is 6.77. The fourth-order valence-electron chi connectivity index (χ4n) is 2.61. The third kappa shape index (κ3) is 2.12. The van der Waals surface area contributed by atoms with Gasteiger partial charge in [-0.15, -0.1) is 6.58 Å². The van der Waals surface area contributed by atoms with Crippen molar-refractivity contribution in [2.75, 3.05) is 0 Å². The van der Waals surface area contributed by atoms with Crippen molar-refractivity contribution in [1.82, 2.24) is 0 Å². The number of aromatic hydroxyl groups is 1. The van der Waals surface area contributed by atoms with Crippen molar-refractivity contribution >= 4 is 5.78 Å². The van der Waals surface area contributed by atoms with Gasteiger partial charge in [0, 0.05) is 5.56 Å². The Labute approximate surface area is 102 Å². The number of aryl methyl sites for hydroxylation is 1. The van der Waals surface area contributed by atoms with Crippen LogP contribution >= 0.6 is 0 Å². The van der Waals surface area contributed by atoms with Crippen molar-refractivity contribution in [3.05, 3.63) is 41.0 Å². The molecule has 0 bridgehead atoms. The zero-order chi connectivity index (χ0) is 12.4. The summed E-state index contributed by atoms with van der Waals surface area (Å²) in [4.78, 5) is 11.5. The molecule has 0 saturated carbocycles. The minimum Gasteiger partial charge on any atom is -0.507 e. The second-order valence-corrected chi connectivity index (χ2v) is 4.65. The predicted octanol–water partition coefficient (Wildman–Crippen LogP) is 3.20. The van der Waals surface area contributed by atoms with Gasteiger partial charge in [-0.25, -0.2) is 0 Å². The van der Waals surface area contributed by atoms with Gasteiger partial charge in [0.25, 0.3) is 0 Å². The van der Waals surface area contributed by atoms with E-state index in [0.29, 0.717) is 12.0 Å². The van der Waals surface area contributed by atoms with Crippen LogP contribution in [0.1, 0.15) is 46.8 Å². The molecule has 1 aromatic carbocycles. The van der Waals surface area contributed by atoms with Gasteiger partial charge in [0.1, 0.15) is 5.75 Å². The van der Waals surface area contributed by atoms with Crippen LogP contribution in [0.4, 0.5) is 0 Å². The van der Waals surface area contributed by atoms with Crippen molar-refractivity contribution < 1.29 is 9.90 Å². The Morgan fingerprint density at radius 2 is 2.18 bits per heavy atom. The smallest absolute Gasteiger partial charge is 0.163 e. The zero-order valence-electron chi connectivity index (χ0n) is 10.3. The lowest BCUT2D eigenvalue weighted by Gasteiger charge is -2.21. The summed E-state index contributed by atoms with van der Waals surface area (Å²) in [5, 5.41) is 10.2. The number of phenolic OH excluding ortho intramolecular Hbond substituents is 1. The van der Waals surface area contributed by atoms with Crippen LogP contribution in [-0.4, -0.2) is 10.9 Å². The van der Waals surface area contributed by atoms with Crippen molar-refractivity contribution in [3.8, 4) is 5.75 Å². The van der Waals surface area contributed by atoms with Crippen molar-refractivity contribution in [1.29, 1.82) is 0 Å². The maximum atomic E-state index is 11.5. The Balaban J connectivity index is 2.63. The van der Waals surface area contributed by atoms with Crippen molar-refractivity contribution in [2.45, 2.75) is 39.0 Å². The lowest BCUT2D eigenvalue weighted by molar-refractivity contribution is 0.101. The van der Waals surface area contributed by atoms with Crippen LogP contribution in [0.3, 0.4) is 0 Å². The SMILES string of the molecule is C=CCc1c(O)c(C(C)=O)cc2c1CCCC2. The number of benzene rings is 1. The molecule has 17 heavy (non-hydrogen) atoms. The second kappa shape index (κ2) is 4.74. The van der Waals surface area contributed by atoms with Gasteiger partial charge in [-0.1, -0.05) is 6.08 Å². The highest BCUT2D eigenvalue weighted by atomic mass is 16.3. The number of hydrogen-bond acceptors (Lipinski definition) is 2. The molecule has 2 rings (SSSR count). The molecule has 1 aliphatic rings. The lowest BCUT2D eigenvalue weighted by atomic mass is 9.84. The number of carbonyl (C=O) groups excluding carboxylic acids is 1. The number of ketones is 1. The Morgan fingerprint density at radius 3 is 2.82 bits per heavy atom. The standard InChI is InChI=1S/C15H18O2/c1-3-6-13-12-8-5-4-7-11(12)9-14(10(2)16)15(13)17/h3,9,17H,1,4-8H2,2H3. The number of Topliss-reactive ketones (excluding diaryl/α,β-unsaturated/α-hetero) is 1. The number of allylic oxidation sites excluding steroid dienone is 1. The van der Waals surface area contributed by atoms with Crippen LogP contribution in [-0.2, 0) is 19.3 Å². The molecule has 0 aromatic heterocycles. The topological polar surface area (TPSA) is 37.3 Å². The number of hydrogen-bond donors (Lipinski definition) is 1. The molecule has 90 valence electrons. The molecule has 2 nitrogen and oxygen atoms in total. The summed E-state index contributed by atoms with van der Waals surface area (Å²) >= 11 is 0. The van der Waals surface area contributed by atoms with Gasteiger partial charge in [-0.2, -0.15) is 0 Å². The first-order valence-corrected chi connectivity index (χ1v) is 6.13. The summed E-state index contributed by atoms with van der Waals surface area (Å²) < 4.78 is 0. The minimum atomic E-state index is -0.0683. The summed E-state index contributed by atoms with van der Waals surface area (Å²) in [5.74, 6) is 0.0965. The van der Waals surface area contributed by atoms with Crippen molar-refractivity contribution in [2.24, 2.45) is 0 Å². The summed E-state index contributed by atoms with van der Waals surface area (Å²) in [6, 6.07) is 1.87. The molecule has 1 aromatic rings. The Kier molecular flexibility index (Phi) is 3.32. The Bertz CT molecular complexity index is 472. The molecule has 1 N–H and O–H groups in total. The van der Waals surface area contributed by atoms with Gasteiger partial charge in [0.2, 0.25) is 0 Å². The van der Waals surface area contributed by atoms with E-state index in [0.717, 1.165) is 24.8 Å². The summed E-state index contributed by atoms with van der Waals surface area (Å²) in [6.45, 7) is 5.23. The van der Waals surface area contributed by atoms with E-state index in [1.54, 1.807) is 6.08 Å². The van der Waals surface area contributed by atoms with Crippen LogP contribution in [0.2, 0.25) is 0 Å². The third-order valence-corrected chi connectivity index (χ3v) is 3.46. The van der Waals surface area contributed by atoms with Gasteiger partial charge in [0.15, 0.2) is 5.78 Å². The van der Waals surface area contributed by atoms with E-state index in [1.165, 1.54) is 24.5 Å². The quantitative estimate of drug-likeness (QED) is 0.639. The van der Waals surface area contributed by atoms with Gasteiger partial charge >= 0.3 is 0 Å². The first-order chi connectivity index (χ1) is 8.15. The molecule has 0 unspecified atom stereocenters. The predicted molar refractivity (Wildman–Crippen MR) is 68.7 cm³/mol. The van der Waals surface area contributed by atoms with Crippen LogP contribution in [0.25, 0.3) is 0 Å². The molecule has 0 saturated heterocycles. The van der Waals surface area contributed by atoms with E-state index < -0.39 is 0 Å². The van der Waals surface area contributed by atoms with Gasteiger partial charge in [-0.05, 0) is 56.2 Å². The first-order valence-electron chi connectivity index (χ1n) is 6.13. The number of rotatable bonds is 3. The third-order valence-electron chi connectivity index (χ3n) is 3.46. The van der Waals surface area contributed by atoms with Crippen LogP contribution in [0.15, 0.2) is 18.7 Å². The monoisotopic (exact) mass is 230 g/mol. The maximum Gasteiger partial charge on any atom is 0.163 e. The van der Waals surface area contributed by atoms with Gasteiger partial charge < -0.3 is 5.11 Å². The largest absolute Gasteiger partial charge is 0.507 e. The average Bonchev–Trinajstić information content (AvgIpc) is 2.32. The Hall–Kier alpha value is -1.57. The molecule has 0 heterocycles. The molecular weight excluding hydrogens is 212 g/mol. The van der Waals surface area contributed by atoms with E-state index in [-0.39, 0.29) is 11.5 Å².